The number of carbonyl (C=O) groups excluding carboxylic acids is 1. The van der Waals surface area contributed by atoms with Gasteiger partial charge in [-0.15, -0.1) is 0 Å². The number of amides is 1. The minimum Gasteiger partial charge on any atom is -0.342 e. The van der Waals surface area contributed by atoms with Crippen LogP contribution in [0.4, 0.5) is 0 Å². The predicted molar refractivity (Wildman–Crippen MR) is 91.7 cm³/mol. The highest BCUT2D eigenvalue weighted by Crippen LogP contribution is 2.34. The van der Waals surface area contributed by atoms with Crippen molar-refractivity contribution in [3.05, 3.63) is 35.9 Å². The van der Waals surface area contributed by atoms with Gasteiger partial charge < -0.3 is 4.90 Å². The number of carbonyl (C=O) groups is 1. The summed E-state index contributed by atoms with van der Waals surface area (Å²) in [7, 11) is 0. The van der Waals surface area contributed by atoms with Crippen LogP contribution < -0.4 is 0 Å². The van der Waals surface area contributed by atoms with Gasteiger partial charge in [0.15, 0.2) is 0 Å². The molecule has 21 heavy (non-hydrogen) atoms. The lowest BCUT2D eigenvalue weighted by Gasteiger charge is -2.39. The molecule has 1 saturated heterocycles. The van der Waals surface area contributed by atoms with E-state index < -0.39 is 0 Å². The summed E-state index contributed by atoms with van der Waals surface area (Å²) in [5.41, 5.74) is 1.52. The number of hydrogen-bond donors (Lipinski definition) is 1. The van der Waals surface area contributed by atoms with Crippen LogP contribution in [0.2, 0.25) is 0 Å². The van der Waals surface area contributed by atoms with E-state index in [4.69, 9.17) is 0 Å². The zero-order chi connectivity index (χ0) is 15.5. The van der Waals surface area contributed by atoms with E-state index in [1.807, 2.05) is 23.1 Å². The normalized spacial score (nSPS) is 18.6. The molecule has 1 amide bonds. The first-order chi connectivity index (χ1) is 9.88. The summed E-state index contributed by atoms with van der Waals surface area (Å²) in [6, 6.07) is 10.1. The van der Waals surface area contributed by atoms with Gasteiger partial charge in [0.05, 0.1) is 5.25 Å². The molecule has 1 aliphatic heterocycles. The van der Waals surface area contributed by atoms with Crippen LogP contribution in [0.1, 0.15) is 39.2 Å². The van der Waals surface area contributed by atoms with Gasteiger partial charge in [-0.25, -0.2) is 0 Å². The molecule has 1 heterocycles. The third-order valence-corrected chi connectivity index (χ3v) is 4.99. The molecule has 1 aliphatic rings. The zero-order valence-electron chi connectivity index (χ0n) is 13.4. The molecule has 2 nitrogen and oxygen atoms in total. The Morgan fingerprint density at radius 3 is 2.33 bits per heavy atom. The van der Waals surface area contributed by atoms with E-state index in [-0.39, 0.29) is 11.2 Å². The number of nitrogens with zero attached hydrogens (tertiary/aromatic N) is 1. The van der Waals surface area contributed by atoms with Crippen molar-refractivity contribution in [3.63, 3.8) is 0 Å². The fourth-order valence-corrected chi connectivity index (χ4v) is 3.48. The second-order valence-electron chi connectivity index (χ2n) is 7.17. The third kappa shape index (κ3) is 4.50. The van der Waals surface area contributed by atoms with Gasteiger partial charge in [-0.05, 0) is 36.2 Å². The molecule has 1 aromatic rings. The van der Waals surface area contributed by atoms with Crippen LogP contribution in [0, 0.1) is 11.3 Å². The highest BCUT2D eigenvalue weighted by molar-refractivity contribution is 7.81. The van der Waals surface area contributed by atoms with Gasteiger partial charge >= 0.3 is 0 Å². The van der Waals surface area contributed by atoms with Crippen molar-refractivity contribution in [2.45, 2.75) is 45.3 Å². The first-order valence-electron chi connectivity index (χ1n) is 7.88. The maximum Gasteiger partial charge on any atom is 0.235 e. The molecule has 0 aliphatic carbocycles. The van der Waals surface area contributed by atoms with Crippen LogP contribution in [0.3, 0.4) is 0 Å². The Morgan fingerprint density at radius 2 is 1.81 bits per heavy atom. The van der Waals surface area contributed by atoms with Gasteiger partial charge in [-0.1, -0.05) is 51.1 Å². The molecule has 0 radical (unpaired) electrons. The van der Waals surface area contributed by atoms with Gasteiger partial charge in [0.1, 0.15) is 0 Å². The second kappa shape index (κ2) is 6.87. The Morgan fingerprint density at radius 1 is 1.24 bits per heavy atom. The molecular formula is C18H27NOS. The molecule has 0 N–H and O–H groups in total. The van der Waals surface area contributed by atoms with E-state index >= 15 is 0 Å². The predicted octanol–water partition coefficient (Wildman–Crippen LogP) is 3.81. The van der Waals surface area contributed by atoms with Crippen LogP contribution >= 0.6 is 12.6 Å². The molecular weight excluding hydrogens is 278 g/mol. The lowest BCUT2D eigenvalue weighted by Crippen LogP contribution is -2.44. The van der Waals surface area contributed by atoms with Crippen LogP contribution in [0.5, 0.6) is 0 Å². The van der Waals surface area contributed by atoms with Crippen LogP contribution in [-0.2, 0) is 11.2 Å². The third-order valence-electron chi connectivity index (χ3n) is 4.59. The van der Waals surface area contributed by atoms with Crippen molar-refractivity contribution >= 4 is 18.5 Å². The Kier molecular flexibility index (Phi) is 5.37. The van der Waals surface area contributed by atoms with Gasteiger partial charge in [0.2, 0.25) is 5.91 Å². The van der Waals surface area contributed by atoms with Crippen molar-refractivity contribution in [3.8, 4) is 0 Å². The molecule has 3 heteroatoms. The smallest absolute Gasteiger partial charge is 0.235 e. The van der Waals surface area contributed by atoms with Gasteiger partial charge in [0.25, 0.3) is 0 Å². The van der Waals surface area contributed by atoms with Gasteiger partial charge in [-0.3, -0.25) is 4.79 Å². The van der Waals surface area contributed by atoms with E-state index in [0.29, 0.717) is 17.8 Å². The van der Waals surface area contributed by atoms with E-state index in [1.54, 1.807) is 0 Å². The summed E-state index contributed by atoms with van der Waals surface area (Å²) in [4.78, 5) is 14.5. The minimum absolute atomic E-state index is 0.189. The number of hydrogen-bond acceptors (Lipinski definition) is 2. The van der Waals surface area contributed by atoms with E-state index in [1.165, 1.54) is 5.56 Å². The molecule has 1 aromatic carbocycles. The van der Waals surface area contributed by atoms with E-state index in [9.17, 15) is 4.79 Å². The van der Waals surface area contributed by atoms with E-state index in [0.717, 1.165) is 25.9 Å². The van der Waals surface area contributed by atoms with Crippen molar-refractivity contribution in [2.75, 3.05) is 13.1 Å². The summed E-state index contributed by atoms with van der Waals surface area (Å²) in [6.45, 7) is 8.66. The first kappa shape index (κ1) is 16.4. The van der Waals surface area contributed by atoms with Crippen LogP contribution in [0.25, 0.3) is 0 Å². The molecule has 116 valence electrons. The Labute approximate surface area is 134 Å². The Balaban J connectivity index is 1.87. The summed E-state index contributed by atoms with van der Waals surface area (Å²) < 4.78 is 0. The minimum atomic E-state index is -0.224. The fraction of sp³-hybridized carbons (Fsp3) is 0.611. The van der Waals surface area contributed by atoms with E-state index in [2.05, 4.69) is 45.5 Å². The fourth-order valence-electron chi connectivity index (χ4n) is 3.10. The number of rotatable bonds is 3. The average Bonchev–Trinajstić information content (AvgIpc) is 2.46. The maximum absolute atomic E-state index is 12.5. The first-order valence-corrected chi connectivity index (χ1v) is 8.40. The maximum atomic E-state index is 12.5. The zero-order valence-corrected chi connectivity index (χ0v) is 14.3. The highest BCUT2D eigenvalue weighted by atomic mass is 32.1. The number of benzene rings is 1. The van der Waals surface area contributed by atoms with Crippen molar-refractivity contribution in [1.29, 1.82) is 0 Å². The number of piperidine rings is 1. The molecule has 0 saturated carbocycles. The monoisotopic (exact) mass is 305 g/mol. The van der Waals surface area contributed by atoms with Crippen molar-refractivity contribution in [2.24, 2.45) is 11.3 Å². The Bertz CT molecular complexity index is 458. The lowest BCUT2D eigenvalue weighted by molar-refractivity contribution is -0.132. The number of thiol groups is 1. The molecule has 1 unspecified atom stereocenters. The van der Waals surface area contributed by atoms with Crippen molar-refractivity contribution in [1.82, 2.24) is 4.90 Å². The highest BCUT2D eigenvalue weighted by Gasteiger charge is 2.31. The van der Waals surface area contributed by atoms with Gasteiger partial charge in [-0.2, -0.15) is 12.6 Å². The summed E-state index contributed by atoms with van der Waals surface area (Å²) in [6.07, 6.45) is 2.93. The molecule has 1 fully saturated rings. The molecule has 0 spiro atoms. The molecule has 1 atom stereocenters. The van der Waals surface area contributed by atoms with Crippen LogP contribution in [-0.4, -0.2) is 29.1 Å². The average molecular weight is 305 g/mol. The quantitative estimate of drug-likeness (QED) is 0.842. The van der Waals surface area contributed by atoms with Gasteiger partial charge in [0, 0.05) is 13.1 Å². The molecule has 2 rings (SSSR count). The Hall–Kier alpha value is -0.960. The summed E-state index contributed by atoms with van der Waals surface area (Å²) >= 11 is 4.53. The summed E-state index contributed by atoms with van der Waals surface area (Å²) in [5.74, 6) is 0.906. The van der Waals surface area contributed by atoms with Crippen LogP contribution in [0.15, 0.2) is 30.3 Å². The molecule has 0 bridgehead atoms. The van der Waals surface area contributed by atoms with Crippen molar-refractivity contribution < 1.29 is 4.79 Å². The lowest BCUT2D eigenvalue weighted by atomic mass is 9.75. The largest absolute Gasteiger partial charge is 0.342 e. The summed E-state index contributed by atoms with van der Waals surface area (Å²) in [5, 5.41) is -0.224. The second-order valence-corrected chi connectivity index (χ2v) is 7.79. The molecule has 0 aromatic heterocycles. The SMILES string of the molecule is CC(C)(C)C1CCN(C(=O)C(S)Cc2ccccc2)CC1. The number of likely N-dealkylation sites (tertiary alicyclic amines) is 1. The topological polar surface area (TPSA) is 20.3 Å². The standard InChI is InChI=1S/C18H27NOS/c1-18(2,3)15-9-11-19(12-10-15)17(20)16(21)13-14-7-5-4-6-8-14/h4-8,15-16,21H,9-13H2,1-3H3.